The molecule has 0 fully saturated rings. The van der Waals surface area contributed by atoms with Crippen LogP contribution >= 0.6 is 0 Å². The minimum Gasteiger partial charge on any atom is -0.503 e. The highest BCUT2D eigenvalue weighted by Crippen LogP contribution is 2.31. The first-order chi connectivity index (χ1) is 7.22. The summed E-state index contributed by atoms with van der Waals surface area (Å²) in [5, 5.41) is 13.4. The predicted molar refractivity (Wildman–Crippen MR) is 54.9 cm³/mol. The molecule has 15 heavy (non-hydrogen) atoms. The number of aromatic hydroxyl groups is 1. The van der Waals surface area contributed by atoms with Crippen molar-refractivity contribution in [3.05, 3.63) is 30.0 Å². The van der Waals surface area contributed by atoms with Crippen LogP contribution in [-0.2, 0) is 0 Å². The molecule has 0 aliphatic heterocycles. The molecule has 4 nitrogen and oxygen atoms in total. The summed E-state index contributed by atoms with van der Waals surface area (Å²) in [7, 11) is 1.60. The van der Waals surface area contributed by atoms with Crippen molar-refractivity contribution in [1.82, 2.24) is 5.16 Å². The van der Waals surface area contributed by atoms with Crippen LogP contribution in [0.3, 0.4) is 0 Å². The molecule has 1 aromatic heterocycles. The number of aryl methyl sites for hydroxylation is 1. The van der Waals surface area contributed by atoms with Gasteiger partial charge in [-0.2, -0.15) is 0 Å². The van der Waals surface area contributed by atoms with Gasteiger partial charge in [0.05, 0.1) is 7.11 Å². The van der Waals surface area contributed by atoms with Crippen LogP contribution in [0.4, 0.5) is 0 Å². The average Bonchev–Trinajstić information content (AvgIpc) is 2.60. The monoisotopic (exact) mass is 205 g/mol. The summed E-state index contributed by atoms with van der Waals surface area (Å²) in [4.78, 5) is 0. The van der Waals surface area contributed by atoms with Crippen LogP contribution in [0.5, 0.6) is 11.5 Å². The van der Waals surface area contributed by atoms with Gasteiger partial charge in [0.2, 0.25) is 0 Å². The number of benzene rings is 1. The fourth-order valence-electron chi connectivity index (χ4n) is 1.31. The van der Waals surface area contributed by atoms with E-state index in [0.29, 0.717) is 11.5 Å². The number of hydrogen-bond donors (Lipinski definition) is 1. The molecule has 4 heteroatoms. The molecule has 0 saturated heterocycles. The zero-order valence-corrected chi connectivity index (χ0v) is 8.52. The Bertz CT molecular complexity index is 459. The standard InChI is InChI=1S/C11H11NO3/c1-7-11(13)10(12-15-7)8-3-5-9(14-2)6-4-8/h3-6,13H,1-2H3. The van der Waals surface area contributed by atoms with E-state index < -0.39 is 0 Å². The van der Waals surface area contributed by atoms with Gasteiger partial charge in [0.15, 0.2) is 17.2 Å². The van der Waals surface area contributed by atoms with Gasteiger partial charge in [0, 0.05) is 12.5 Å². The van der Waals surface area contributed by atoms with E-state index in [9.17, 15) is 5.11 Å². The molecule has 1 aromatic carbocycles. The lowest BCUT2D eigenvalue weighted by Crippen LogP contribution is -1.82. The number of nitrogens with zero attached hydrogens (tertiary/aromatic N) is 1. The maximum absolute atomic E-state index is 9.63. The Balaban J connectivity index is 2.41. The number of rotatable bonds is 2. The Hall–Kier alpha value is -1.97. The zero-order chi connectivity index (χ0) is 10.8. The first-order valence-corrected chi connectivity index (χ1v) is 4.52. The van der Waals surface area contributed by atoms with Gasteiger partial charge in [-0.1, -0.05) is 5.16 Å². The molecule has 0 atom stereocenters. The normalized spacial score (nSPS) is 10.3. The first-order valence-electron chi connectivity index (χ1n) is 4.52. The summed E-state index contributed by atoms with van der Waals surface area (Å²) in [5.74, 6) is 1.26. The van der Waals surface area contributed by atoms with E-state index in [0.717, 1.165) is 11.3 Å². The third-order valence-electron chi connectivity index (χ3n) is 2.20. The van der Waals surface area contributed by atoms with Gasteiger partial charge < -0.3 is 14.4 Å². The maximum atomic E-state index is 9.63. The molecule has 0 amide bonds. The minimum absolute atomic E-state index is 0.0835. The highest BCUT2D eigenvalue weighted by molar-refractivity contribution is 5.66. The molecule has 0 saturated carbocycles. The average molecular weight is 205 g/mol. The Morgan fingerprint density at radius 2 is 1.93 bits per heavy atom. The highest BCUT2D eigenvalue weighted by atomic mass is 16.5. The summed E-state index contributed by atoms with van der Waals surface area (Å²) in [6.45, 7) is 1.66. The Labute approximate surface area is 87.1 Å². The van der Waals surface area contributed by atoms with E-state index in [-0.39, 0.29) is 5.75 Å². The van der Waals surface area contributed by atoms with Gasteiger partial charge >= 0.3 is 0 Å². The second kappa shape index (κ2) is 3.65. The first kappa shape index (κ1) is 9.58. The summed E-state index contributed by atoms with van der Waals surface area (Å²) in [6, 6.07) is 7.24. The second-order valence-corrected chi connectivity index (χ2v) is 3.16. The van der Waals surface area contributed by atoms with Crippen molar-refractivity contribution < 1.29 is 14.4 Å². The van der Waals surface area contributed by atoms with Crippen LogP contribution in [0.1, 0.15) is 5.76 Å². The maximum Gasteiger partial charge on any atom is 0.186 e. The molecule has 0 spiro atoms. The number of hydrogen-bond acceptors (Lipinski definition) is 4. The fourth-order valence-corrected chi connectivity index (χ4v) is 1.31. The van der Waals surface area contributed by atoms with E-state index >= 15 is 0 Å². The second-order valence-electron chi connectivity index (χ2n) is 3.16. The van der Waals surface area contributed by atoms with Gasteiger partial charge in [-0.15, -0.1) is 0 Å². The SMILES string of the molecule is COc1ccc(-c2noc(C)c2O)cc1. The Morgan fingerprint density at radius 1 is 1.27 bits per heavy atom. The van der Waals surface area contributed by atoms with E-state index in [1.54, 1.807) is 26.2 Å². The third-order valence-corrected chi connectivity index (χ3v) is 2.20. The lowest BCUT2D eigenvalue weighted by molar-refractivity contribution is 0.384. The molecule has 78 valence electrons. The summed E-state index contributed by atoms with van der Waals surface area (Å²) >= 11 is 0. The van der Waals surface area contributed by atoms with Crippen molar-refractivity contribution in [3.63, 3.8) is 0 Å². The smallest absolute Gasteiger partial charge is 0.186 e. The lowest BCUT2D eigenvalue weighted by Gasteiger charge is -2.00. The highest BCUT2D eigenvalue weighted by Gasteiger charge is 2.12. The topological polar surface area (TPSA) is 55.5 Å². The molecule has 0 unspecified atom stereocenters. The molecular weight excluding hydrogens is 194 g/mol. The third kappa shape index (κ3) is 1.66. The van der Waals surface area contributed by atoms with Crippen LogP contribution in [-0.4, -0.2) is 17.4 Å². The van der Waals surface area contributed by atoms with Crippen LogP contribution in [0.2, 0.25) is 0 Å². The quantitative estimate of drug-likeness (QED) is 0.817. The van der Waals surface area contributed by atoms with Gasteiger partial charge in [-0.05, 0) is 24.3 Å². The van der Waals surface area contributed by atoms with E-state index in [4.69, 9.17) is 9.26 Å². The number of methoxy groups -OCH3 is 1. The number of aromatic nitrogens is 1. The van der Waals surface area contributed by atoms with Gasteiger partial charge in [-0.25, -0.2) is 0 Å². The summed E-state index contributed by atoms with van der Waals surface area (Å²) in [5.41, 5.74) is 1.25. The Morgan fingerprint density at radius 3 is 2.40 bits per heavy atom. The van der Waals surface area contributed by atoms with E-state index in [2.05, 4.69) is 5.16 Å². The van der Waals surface area contributed by atoms with Crippen molar-refractivity contribution in [3.8, 4) is 22.8 Å². The molecule has 2 aromatic rings. The molecule has 1 heterocycles. The molecule has 0 aliphatic rings. The van der Waals surface area contributed by atoms with Gasteiger partial charge in [0.25, 0.3) is 0 Å². The fraction of sp³-hybridized carbons (Fsp3) is 0.182. The van der Waals surface area contributed by atoms with Crippen LogP contribution in [0, 0.1) is 6.92 Å². The van der Waals surface area contributed by atoms with Crippen molar-refractivity contribution >= 4 is 0 Å². The molecule has 0 bridgehead atoms. The minimum atomic E-state index is 0.0835. The van der Waals surface area contributed by atoms with Crippen molar-refractivity contribution in [1.29, 1.82) is 0 Å². The molecular formula is C11H11NO3. The lowest BCUT2D eigenvalue weighted by atomic mass is 10.1. The molecule has 2 rings (SSSR count). The van der Waals surface area contributed by atoms with Gasteiger partial charge in [-0.3, -0.25) is 0 Å². The number of ether oxygens (including phenoxy) is 1. The molecule has 0 radical (unpaired) electrons. The summed E-state index contributed by atoms with van der Waals surface area (Å²) in [6.07, 6.45) is 0. The van der Waals surface area contributed by atoms with Crippen LogP contribution in [0.25, 0.3) is 11.3 Å². The Kier molecular flexibility index (Phi) is 2.33. The summed E-state index contributed by atoms with van der Waals surface area (Å²) < 4.78 is 9.91. The van der Waals surface area contributed by atoms with E-state index in [1.807, 2.05) is 12.1 Å². The molecule has 1 N–H and O–H groups in total. The van der Waals surface area contributed by atoms with Crippen molar-refractivity contribution in [2.24, 2.45) is 0 Å². The van der Waals surface area contributed by atoms with Crippen LogP contribution in [0.15, 0.2) is 28.8 Å². The van der Waals surface area contributed by atoms with E-state index in [1.165, 1.54) is 0 Å². The van der Waals surface area contributed by atoms with Gasteiger partial charge in [0.1, 0.15) is 5.75 Å². The van der Waals surface area contributed by atoms with Crippen molar-refractivity contribution in [2.45, 2.75) is 6.92 Å². The molecule has 0 aliphatic carbocycles. The predicted octanol–water partition coefficient (Wildman–Crippen LogP) is 2.36. The largest absolute Gasteiger partial charge is 0.503 e. The van der Waals surface area contributed by atoms with Crippen molar-refractivity contribution in [2.75, 3.05) is 7.11 Å². The van der Waals surface area contributed by atoms with Crippen LogP contribution < -0.4 is 4.74 Å². The zero-order valence-electron chi connectivity index (χ0n) is 8.52.